The summed E-state index contributed by atoms with van der Waals surface area (Å²) < 4.78 is 0. The van der Waals surface area contributed by atoms with Gasteiger partial charge in [0, 0.05) is 23.3 Å². The van der Waals surface area contributed by atoms with Crippen LogP contribution in [-0.4, -0.2) is 9.97 Å². The Labute approximate surface area is 91.2 Å². The van der Waals surface area contributed by atoms with Crippen molar-refractivity contribution in [3.8, 4) is 11.3 Å². The van der Waals surface area contributed by atoms with Crippen LogP contribution in [0.3, 0.4) is 0 Å². The lowest BCUT2D eigenvalue weighted by Gasteiger charge is -2.00. The molecule has 0 saturated carbocycles. The number of hydrogen-bond donors (Lipinski definition) is 0. The number of aromatic nitrogens is 2. The predicted molar refractivity (Wildman–Crippen MR) is 58.9 cm³/mol. The molecule has 0 bridgehead atoms. The van der Waals surface area contributed by atoms with E-state index < -0.39 is 0 Å². The van der Waals surface area contributed by atoms with Crippen LogP contribution in [-0.2, 0) is 5.33 Å². The average molecular weight is 248 g/mol. The lowest BCUT2D eigenvalue weighted by molar-refractivity contribution is 1.20. The third-order valence-electron chi connectivity index (χ3n) is 1.86. The van der Waals surface area contributed by atoms with Gasteiger partial charge in [-0.1, -0.05) is 28.1 Å². The number of nitrogens with zero attached hydrogens (tertiary/aromatic N) is 2. The quantitative estimate of drug-likeness (QED) is 0.763. The molecule has 2 aromatic rings. The number of hydrogen-bond acceptors (Lipinski definition) is 2. The topological polar surface area (TPSA) is 25.8 Å². The monoisotopic (exact) mass is 247 g/mol. The third-order valence-corrected chi connectivity index (χ3v) is 2.47. The van der Waals surface area contributed by atoms with Crippen molar-refractivity contribution in [2.75, 3.05) is 0 Å². The Morgan fingerprint density at radius 3 is 3.00 bits per heavy atom. The van der Waals surface area contributed by atoms with E-state index in [1.54, 1.807) is 18.6 Å². The molecule has 69 valence electrons. The van der Waals surface area contributed by atoms with E-state index in [-0.39, 0.29) is 0 Å². The Kier molecular flexibility index (Phi) is 2.89. The number of halogens is 1. The summed E-state index contributed by atoms with van der Waals surface area (Å²) in [5.41, 5.74) is 3.09. The van der Waals surface area contributed by atoms with Gasteiger partial charge in [0.25, 0.3) is 0 Å². The molecule has 2 nitrogen and oxygen atoms in total. The van der Waals surface area contributed by atoms with Crippen molar-refractivity contribution < 1.29 is 0 Å². The van der Waals surface area contributed by atoms with Crippen LogP contribution in [0.15, 0.2) is 36.8 Å². The van der Waals surface area contributed by atoms with Crippen molar-refractivity contribution in [3.05, 3.63) is 48.4 Å². The van der Waals surface area contributed by atoms with Crippen LogP contribution in [0, 0.1) is 6.07 Å². The summed E-state index contributed by atoms with van der Waals surface area (Å²) in [6.45, 7) is 0. The molecular weight excluding hydrogens is 240 g/mol. The van der Waals surface area contributed by atoms with E-state index in [1.165, 1.54) is 0 Å². The largest absolute Gasteiger partial charge is 0.261 e. The molecule has 1 heterocycles. The molecule has 2 rings (SSSR count). The Morgan fingerprint density at radius 2 is 2.29 bits per heavy atom. The van der Waals surface area contributed by atoms with Crippen molar-refractivity contribution in [3.63, 3.8) is 0 Å². The maximum atomic E-state index is 4.23. The Balaban J connectivity index is 2.42. The second-order valence-corrected chi connectivity index (χ2v) is 3.39. The standard InChI is InChI=1S/C11H8BrN2/c12-7-9-2-1-3-10(6-9)11-8-13-4-5-14-11/h1,3-6,8H,7H2. The van der Waals surface area contributed by atoms with E-state index in [2.05, 4.69) is 38.0 Å². The lowest BCUT2D eigenvalue weighted by Crippen LogP contribution is -1.85. The Hall–Kier alpha value is -1.22. The molecule has 0 aliphatic heterocycles. The van der Waals surface area contributed by atoms with Gasteiger partial charge in [-0.3, -0.25) is 9.97 Å². The van der Waals surface area contributed by atoms with Gasteiger partial charge in [0.2, 0.25) is 0 Å². The first-order chi connectivity index (χ1) is 6.90. The Bertz CT molecular complexity index is 415. The van der Waals surface area contributed by atoms with Crippen molar-refractivity contribution in [2.24, 2.45) is 0 Å². The van der Waals surface area contributed by atoms with Gasteiger partial charge in [0.05, 0.1) is 11.9 Å². The predicted octanol–water partition coefficient (Wildman–Crippen LogP) is 2.84. The summed E-state index contributed by atoms with van der Waals surface area (Å²) in [4.78, 5) is 8.26. The molecule has 0 N–H and O–H groups in total. The van der Waals surface area contributed by atoms with Crippen LogP contribution in [0.5, 0.6) is 0 Å². The summed E-state index contributed by atoms with van der Waals surface area (Å²) >= 11 is 3.40. The van der Waals surface area contributed by atoms with E-state index in [1.807, 2.05) is 12.1 Å². The molecule has 0 aliphatic rings. The van der Waals surface area contributed by atoms with Gasteiger partial charge in [-0.15, -0.1) is 0 Å². The summed E-state index contributed by atoms with van der Waals surface area (Å²) in [6, 6.07) is 9.07. The van der Waals surface area contributed by atoms with Gasteiger partial charge in [-0.25, -0.2) is 0 Å². The van der Waals surface area contributed by atoms with Crippen molar-refractivity contribution in [1.29, 1.82) is 0 Å². The minimum absolute atomic E-state index is 0.807. The number of benzene rings is 1. The average Bonchev–Trinajstić information content (AvgIpc) is 2.30. The minimum atomic E-state index is 0.807. The molecule has 0 amide bonds. The molecule has 0 unspecified atom stereocenters. The van der Waals surface area contributed by atoms with Gasteiger partial charge < -0.3 is 0 Å². The fraction of sp³-hybridized carbons (Fsp3) is 0.0909. The number of rotatable bonds is 2. The molecule has 0 aliphatic carbocycles. The first-order valence-electron chi connectivity index (χ1n) is 4.23. The third kappa shape index (κ3) is 1.99. The van der Waals surface area contributed by atoms with Gasteiger partial charge in [-0.05, 0) is 17.7 Å². The Morgan fingerprint density at radius 1 is 1.36 bits per heavy atom. The van der Waals surface area contributed by atoms with Crippen LogP contribution < -0.4 is 0 Å². The molecular formula is C11H8BrN2. The van der Waals surface area contributed by atoms with Crippen LogP contribution in [0.1, 0.15) is 5.56 Å². The molecule has 0 spiro atoms. The highest BCUT2D eigenvalue weighted by Gasteiger charge is 1.99. The van der Waals surface area contributed by atoms with Gasteiger partial charge in [-0.2, -0.15) is 0 Å². The fourth-order valence-electron chi connectivity index (χ4n) is 1.20. The highest BCUT2D eigenvalue weighted by molar-refractivity contribution is 9.08. The molecule has 1 aromatic carbocycles. The molecule has 0 fully saturated rings. The summed E-state index contributed by atoms with van der Waals surface area (Å²) in [6.07, 6.45) is 5.12. The zero-order chi connectivity index (χ0) is 9.80. The van der Waals surface area contributed by atoms with Gasteiger partial charge in [0.1, 0.15) is 0 Å². The summed E-state index contributed by atoms with van der Waals surface area (Å²) in [5.74, 6) is 0. The zero-order valence-corrected chi connectivity index (χ0v) is 9.03. The molecule has 0 atom stereocenters. The highest BCUT2D eigenvalue weighted by atomic mass is 79.9. The molecule has 3 heteroatoms. The lowest BCUT2D eigenvalue weighted by atomic mass is 10.1. The minimum Gasteiger partial charge on any atom is -0.261 e. The maximum Gasteiger partial charge on any atom is 0.0885 e. The van der Waals surface area contributed by atoms with E-state index in [9.17, 15) is 0 Å². The second-order valence-electron chi connectivity index (χ2n) is 2.83. The van der Waals surface area contributed by atoms with Crippen molar-refractivity contribution >= 4 is 15.9 Å². The van der Waals surface area contributed by atoms with E-state index in [0.717, 1.165) is 22.2 Å². The van der Waals surface area contributed by atoms with Crippen LogP contribution >= 0.6 is 15.9 Å². The van der Waals surface area contributed by atoms with Crippen molar-refractivity contribution in [2.45, 2.75) is 5.33 Å². The van der Waals surface area contributed by atoms with Crippen LogP contribution in [0.25, 0.3) is 11.3 Å². The number of alkyl halides is 1. The van der Waals surface area contributed by atoms with Gasteiger partial charge in [0.15, 0.2) is 0 Å². The van der Waals surface area contributed by atoms with E-state index in [0.29, 0.717) is 0 Å². The summed E-state index contributed by atoms with van der Waals surface area (Å²) in [5, 5.41) is 0.807. The fourth-order valence-corrected chi connectivity index (χ4v) is 1.52. The summed E-state index contributed by atoms with van der Waals surface area (Å²) in [7, 11) is 0. The van der Waals surface area contributed by atoms with Crippen LogP contribution in [0.2, 0.25) is 0 Å². The second kappa shape index (κ2) is 4.33. The zero-order valence-electron chi connectivity index (χ0n) is 7.44. The molecule has 14 heavy (non-hydrogen) atoms. The smallest absolute Gasteiger partial charge is 0.0885 e. The highest BCUT2D eigenvalue weighted by Crippen LogP contribution is 2.17. The molecule has 0 saturated heterocycles. The SMILES string of the molecule is BrCc1[c]ccc(-c2cnccn2)c1. The van der Waals surface area contributed by atoms with Gasteiger partial charge >= 0.3 is 0 Å². The van der Waals surface area contributed by atoms with Crippen LogP contribution in [0.4, 0.5) is 0 Å². The maximum absolute atomic E-state index is 4.23. The first kappa shape index (κ1) is 9.34. The van der Waals surface area contributed by atoms with Crippen molar-refractivity contribution in [1.82, 2.24) is 9.97 Å². The first-order valence-corrected chi connectivity index (χ1v) is 5.35. The molecule has 1 aromatic heterocycles. The van der Waals surface area contributed by atoms with E-state index in [4.69, 9.17) is 0 Å². The van der Waals surface area contributed by atoms with E-state index >= 15 is 0 Å². The molecule has 1 radical (unpaired) electrons. The normalized spacial score (nSPS) is 10.1.